The molecule has 2 heterocycles. The summed E-state index contributed by atoms with van der Waals surface area (Å²) in [6.45, 7) is 0.318. The predicted molar refractivity (Wildman–Crippen MR) is 95.7 cm³/mol. The number of hydrogen-bond acceptors (Lipinski definition) is 5. The van der Waals surface area contributed by atoms with Crippen molar-refractivity contribution in [2.75, 3.05) is 23.0 Å². The van der Waals surface area contributed by atoms with Gasteiger partial charge in [-0.15, -0.1) is 0 Å². The average molecular weight is 365 g/mol. The first kappa shape index (κ1) is 18.0. The summed E-state index contributed by atoms with van der Waals surface area (Å²) in [5, 5.41) is 0. The highest BCUT2D eigenvalue weighted by Gasteiger charge is 2.45. The Bertz CT molecular complexity index is 631. The van der Waals surface area contributed by atoms with E-state index in [2.05, 4.69) is 0 Å². The number of rotatable bonds is 5. The molecule has 25 heavy (non-hydrogen) atoms. The smallest absolute Gasteiger partial charge is 0.415 e. The minimum atomic E-state index is -0.982. The van der Waals surface area contributed by atoms with Crippen molar-refractivity contribution >= 4 is 28.9 Å². The van der Waals surface area contributed by atoms with Crippen LogP contribution in [-0.4, -0.2) is 46.7 Å². The molecule has 0 radical (unpaired) electrons. The zero-order chi connectivity index (χ0) is 18.0. The lowest BCUT2D eigenvalue weighted by molar-refractivity contribution is -0.125. The van der Waals surface area contributed by atoms with Crippen LogP contribution in [-0.2, 0) is 20.7 Å². The van der Waals surface area contributed by atoms with Gasteiger partial charge in [0.25, 0.3) is 5.91 Å². The zero-order valence-corrected chi connectivity index (χ0v) is 14.7. The molecule has 0 spiro atoms. The van der Waals surface area contributed by atoms with Crippen LogP contribution in [0.3, 0.4) is 0 Å². The summed E-state index contributed by atoms with van der Waals surface area (Å²) in [6.07, 6.45) is 0.691. The molecule has 2 atom stereocenters. The van der Waals surface area contributed by atoms with Crippen LogP contribution in [0.25, 0.3) is 0 Å². The third-order valence-corrected chi connectivity index (χ3v) is 6.26. The van der Waals surface area contributed by atoms with E-state index in [9.17, 15) is 14.1 Å². The zero-order valence-electron chi connectivity index (χ0n) is 13.9. The average Bonchev–Trinajstić information content (AvgIpc) is 2.93. The molecule has 2 amide bonds. The largest absolute Gasteiger partial charge is 0.616 e. The number of carbonyl (C=O) groups excluding carboxylic acids is 2. The van der Waals surface area contributed by atoms with Crippen LogP contribution < -0.4 is 16.4 Å². The van der Waals surface area contributed by atoms with E-state index in [-0.39, 0.29) is 0 Å². The summed E-state index contributed by atoms with van der Waals surface area (Å²) in [4.78, 5) is 25.2. The van der Waals surface area contributed by atoms with Gasteiger partial charge in [0.2, 0.25) is 6.10 Å². The highest BCUT2D eigenvalue weighted by atomic mass is 32.2. The molecule has 8 heteroatoms. The van der Waals surface area contributed by atoms with Crippen molar-refractivity contribution in [3.05, 3.63) is 29.8 Å². The molecule has 2 aliphatic rings. The number of carbonyl (C=O) groups is 2. The number of amides is 2. The molecule has 136 valence electrons. The van der Waals surface area contributed by atoms with Gasteiger partial charge in [0, 0.05) is 5.69 Å². The van der Waals surface area contributed by atoms with Crippen LogP contribution in [0.15, 0.2) is 24.3 Å². The molecule has 7 nitrogen and oxygen atoms in total. The Balaban J connectivity index is 1.78. The van der Waals surface area contributed by atoms with Gasteiger partial charge < -0.3 is 20.8 Å². The lowest BCUT2D eigenvalue weighted by Crippen LogP contribution is -2.43. The van der Waals surface area contributed by atoms with Crippen LogP contribution in [0.2, 0.25) is 0 Å². The van der Waals surface area contributed by atoms with Crippen LogP contribution in [0.4, 0.5) is 10.5 Å². The fraction of sp³-hybridized carbons (Fsp3) is 0.529. The number of benzene rings is 1. The van der Waals surface area contributed by atoms with Gasteiger partial charge in [-0.2, -0.15) is 0 Å². The lowest BCUT2D eigenvalue weighted by Gasteiger charge is -2.26. The van der Waals surface area contributed by atoms with Gasteiger partial charge >= 0.3 is 6.09 Å². The van der Waals surface area contributed by atoms with E-state index < -0.39 is 35.3 Å². The van der Waals surface area contributed by atoms with E-state index >= 15 is 0 Å². The van der Waals surface area contributed by atoms with Gasteiger partial charge in [0.05, 0.1) is 6.04 Å². The minimum absolute atomic E-state index is 0.318. The van der Waals surface area contributed by atoms with Crippen LogP contribution in [0.5, 0.6) is 0 Å². The SMILES string of the molecule is NCCC1C(C(N)=O)OC(=O)N1c1ccc(C2CC[S+]([O-])CC2)cc1. The Morgan fingerprint density at radius 2 is 1.92 bits per heavy atom. The normalized spacial score (nSPS) is 29.5. The number of hydrogen-bond donors (Lipinski definition) is 2. The van der Waals surface area contributed by atoms with Crippen molar-refractivity contribution in [2.45, 2.75) is 37.3 Å². The Morgan fingerprint density at radius 1 is 1.28 bits per heavy atom. The molecule has 2 unspecified atom stereocenters. The van der Waals surface area contributed by atoms with E-state index in [0.29, 0.717) is 24.6 Å². The number of cyclic esters (lactones) is 1. The monoisotopic (exact) mass is 365 g/mol. The highest BCUT2D eigenvalue weighted by molar-refractivity contribution is 7.91. The summed E-state index contributed by atoms with van der Waals surface area (Å²) in [5.74, 6) is 1.21. The Labute approximate surface area is 149 Å². The van der Waals surface area contributed by atoms with Crippen molar-refractivity contribution in [3.8, 4) is 0 Å². The Kier molecular flexibility index (Phi) is 5.51. The molecule has 2 fully saturated rings. The lowest BCUT2D eigenvalue weighted by atomic mass is 9.93. The number of primary amides is 1. The molecule has 0 aliphatic carbocycles. The first-order valence-corrected chi connectivity index (χ1v) is 9.94. The second-order valence-electron chi connectivity index (χ2n) is 6.44. The molecule has 0 saturated carbocycles. The number of nitrogens with zero attached hydrogens (tertiary/aromatic N) is 1. The van der Waals surface area contributed by atoms with Gasteiger partial charge in [0.15, 0.2) is 0 Å². The van der Waals surface area contributed by atoms with E-state index in [0.717, 1.165) is 24.3 Å². The third kappa shape index (κ3) is 3.75. The summed E-state index contributed by atoms with van der Waals surface area (Å²) in [5.41, 5.74) is 12.8. The summed E-state index contributed by atoms with van der Waals surface area (Å²) in [7, 11) is 0. The van der Waals surface area contributed by atoms with Crippen molar-refractivity contribution in [3.63, 3.8) is 0 Å². The van der Waals surface area contributed by atoms with Gasteiger partial charge in [-0.05, 0) is 49.4 Å². The van der Waals surface area contributed by atoms with E-state index in [1.807, 2.05) is 24.3 Å². The molecule has 1 aromatic carbocycles. The maximum atomic E-state index is 12.2. The van der Waals surface area contributed by atoms with Gasteiger partial charge in [0.1, 0.15) is 11.5 Å². The number of nitrogens with two attached hydrogens (primary N) is 2. The predicted octanol–water partition coefficient (Wildman–Crippen LogP) is 0.841. The molecular weight excluding hydrogens is 342 g/mol. The van der Waals surface area contributed by atoms with Crippen molar-refractivity contribution in [2.24, 2.45) is 11.5 Å². The third-order valence-electron chi connectivity index (χ3n) is 4.88. The fourth-order valence-corrected chi connectivity index (χ4v) is 4.84. The first-order chi connectivity index (χ1) is 12.0. The van der Waals surface area contributed by atoms with Gasteiger partial charge in [-0.1, -0.05) is 23.3 Å². The molecule has 2 saturated heterocycles. The van der Waals surface area contributed by atoms with Crippen LogP contribution in [0.1, 0.15) is 30.7 Å². The molecule has 0 aromatic heterocycles. The number of anilines is 1. The summed E-state index contributed by atoms with van der Waals surface area (Å²) >= 11 is -0.686. The van der Waals surface area contributed by atoms with E-state index in [1.54, 1.807) is 0 Å². The van der Waals surface area contributed by atoms with Crippen molar-refractivity contribution in [1.29, 1.82) is 0 Å². The van der Waals surface area contributed by atoms with Gasteiger partial charge in [-0.25, -0.2) is 4.79 Å². The van der Waals surface area contributed by atoms with Gasteiger partial charge in [-0.3, -0.25) is 9.69 Å². The number of ether oxygens (including phenoxy) is 1. The highest BCUT2D eigenvalue weighted by Crippen LogP contribution is 2.33. The summed E-state index contributed by atoms with van der Waals surface area (Å²) in [6, 6.07) is 7.19. The quantitative estimate of drug-likeness (QED) is 0.749. The molecule has 0 bridgehead atoms. The topological polar surface area (TPSA) is 122 Å². The van der Waals surface area contributed by atoms with Crippen LogP contribution >= 0.6 is 0 Å². The van der Waals surface area contributed by atoms with E-state index in [4.69, 9.17) is 16.2 Å². The van der Waals surface area contributed by atoms with Crippen molar-refractivity contribution in [1.82, 2.24) is 0 Å². The molecule has 4 N–H and O–H groups in total. The minimum Gasteiger partial charge on any atom is -0.616 e. The second kappa shape index (κ2) is 7.63. The van der Waals surface area contributed by atoms with Crippen LogP contribution in [0, 0.1) is 0 Å². The standard InChI is InChI=1S/C17H23N3O4S/c18-8-5-14-15(16(19)21)24-17(22)20(14)13-3-1-11(2-4-13)12-6-9-25(23)10-7-12/h1-4,12,14-15H,5-10,18H2,(H2,19,21). The maximum Gasteiger partial charge on any atom is 0.415 e. The summed E-state index contributed by atoms with van der Waals surface area (Å²) < 4.78 is 16.6. The Morgan fingerprint density at radius 3 is 2.48 bits per heavy atom. The Hall–Kier alpha value is -1.77. The fourth-order valence-electron chi connectivity index (χ4n) is 3.54. The van der Waals surface area contributed by atoms with Crippen molar-refractivity contribution < 1.29 is 18.9 Å². The molecule has 1 aromatic rings. The molecule has 3 rings (SSSR count). The second-order valence-corrected chi connectivity index (χ2v) is 8.13. The molecule has 2 aliphatic heterocycles. The van der Waals surface area contributed by atoms with E-state index in [1.165, 1.54) is 10.5 Å². The maximum absolute atomic E-state index is 12.2. The molecular formula is C17H23N3O4S. The first-order valence-electron chi connectivity index (χ1n) is 8.45.